The summed E-state index contributed by atoms with van der Waals surface area (Å²) < 4.78 is 12.5. The molecule has 3 rings (SSSR count). The van der Waals surface area contributed by atoms with E-state index in [2.05, 4.69) is 60.1 Å². The van der Waals surface area contributed by atoms with Crippen LogP contribution in [0.1, 0.15) is 16.1 Å². The molecule has 0 atom stereocenters. The fourth-order valence-corrected chi connectivity index (χ4v) is 4.06. The molecule has 0 amide bonds. The molecule has 6 heteroatoms. The second-order valence-electron chi connectivity index (χ2n) is 6.13. The number of aryl methyl sites for hydroxylation is 1. The first-order chi connectivity index (χ1) is 12.5. The van der Waals surface area contributed by atoms with Gasteiger partial charge in [0.05, 0.1) is 14.7 Å². The summed E-state index contributed by atoms with van der Waals surface area (Å²) in [5.41, 5.74) is 4.58. The van der Waals surface area contributed by atoms with Gasteiger partial charge in [0.15, 0.2) is 6.79 Å². The predicted octanol–water partition coefficient (Wildman–Crippen LogP) is 5.59. The van der Waals surface area contributed by atoms with Gasteiger partial charge in [-0.25, -0.2) is 4.98 Å². The third kappa shape index (κ3) is 4.26. The molecule has 3 aromatic rings. The van der Waals surface area contributed by atoms with Crippen molar-refractivity contribution in [2.45, 2.75) is 6.92 Å². The maximum atomic E-state index is 5.48. The first-order valence-electron chi connectivity index (χ1n) is 8.16. The first kappa shape index (κ1) is 18.9. The molecule has 26 heavy (non-hydrogen) atoms. The number of thiazole rings is 1. The number of hydrogen-bond acceptors (Lipinski definition) is 5. The molecule has 1 heterocycles. The Morgan fingerprint density at radius 1 is 1.19 bits per heavy atom. The Morgan fingerprint density at radius 2 is 2.00 bits per heavy atom. The van der Waals surface area contributed by atoms with Gasteiger partial charge in [-0.2, -0.15) is 0 Å². The quantitative estimate of drug-likeness (QED) is 0.475. The van der Waals surface area contributed by atoms with E-state index in [-0.39, 0.29) is 6.79 Å². The fraction of sp³-hybridized carbons (Fsp3) is 0.250. The minimum atomic E-state index is 0.230. The Kier molecular flexibility index (Phi) is 5.96. The standard InChI is InChI=1S/C20H21BrN2O2S/c1-13-9-16-19(11-17(13)23(2)3)26-20(22-16)8-6-14-5-7-18(15(21)10-14)25-12-24-4/h5-11H,12H2,1-4H3. The molecule has 0 aliphatic heterocycles. The highest BCUT2D eigenvalue weighted by atomic mass is 79.9. The fourth-order valence-electron chi connectivity index (χ4n) is 2.67. The molecule has 0 radical (unpaired) electrons. The zero-order valence-corrected chi connectivity index (χ0v) is 17.6. The van der Waals surface area contributed by atoms with Crippen LogP contribution in [-0.2, 0) is 4.74 Å². The van der Waals surface area contributed by atoms with Crippen LogP contribution in [0.15, 0.2) is 34.8 Å². The molecule has 0 saturated heterocycles. The Hall–Kier alpha value is -1.89. The minimum absolute atomic E-state index is 0.230. The normalized spacial score (nSPS) is 11.4. The van der Waals surface area contributed by atoms with Gasteiger partial charge in [0.25, 0.3) is 0 Å². The lowest BCUT2D eigenvalue weighted by atomic mass is 10.2. The van der Waals surface area contributed by atoms with Crippen molar-refractivity contribution in [3.05, 3.63) is 50.9 Å². The van der Waals surface area contributed by atoms with Crippen molar-refractivity contribution in [2.24, 2.45) is 0 Å². The zero-order valence-electron chi connectivity index (χ0n) is 15.2. The highest BCUT2D eigenvalue weighted by Gasteiger charge is 2.08. The molecule has 0 N–H and O–H groups in total. The third-order valence-corrected chi connectivity index (χ3v) is 5.51. The number of hydrogen-bond donors (Lipinski definition) is 0. The maximum absolute atomic E-state index is 5.48. The van der Waals surface area contributed by atoms with Gasteiger partial charge in [-0.3, -0.25) is 0 Å². The number of halogens is 1. The molecule has 0 aliphatic carbocycles. The molecule has 0 bridgehead atoms. The SMILES string of the molecule is COCOc1ccc(C=Cc2nc3cc(C)c(N(C)C)cc3s2)cc1Br. The zero-order chi connectivity index (χ0) is 18.7. The molecule has 136 valence electrons. The smallest absolute Gasteiger partial charge is 0.188 e. The average molecular weight is 433 g/mol. The number of rotatable bonds is 6. The van der Waals surface area contributed by atoms with Gasteiger partial charge in [0.2, 0.25) is 0 Å². The van der Waals surface area contributed by atoms with Crippen molar-refractivity contribution in [2.75, 3.05) is 32.9 Å². The van der Waals surface area contributed by atoms with E-state index in [0.29, 0.717) is 0 Å². The van der Waals surface area contributed by atoms with Crippen LogP contribution in [0, 0.1) is 6.92 Å². The van der Waals surface area contributed by atoms with Gasteiger partial charge in [-0.1, -0.05) is 12.1 Å². The van der Waals surface area contributed by atoms with Crippen molar-refractivity contribution >= 4 is 55.3 Å². The summed E-state index contributed by atoms with van der Waals surface area (Å²) in [7, 11) is 5.73. The summed E-state index contributed by atoms with van der Waals surface area (Å²) in [6.07, 6.45) is 4.11. The van der Waals surface area contributed by atoms with E-state index < -0.39 is 0 Å². The monoisotopic (exact) mass is 432 g/mol. The molecular formula is C20H21BrN2O2S. The van der Waals surface area contributed by atoms with E-state index >= 15 is 0 Å². The highest BCUT2D eigenvalue weighted by molar-refractivity contribution is 9.10. The van der Waals surface area contributed by atoms with E-state index in [1.807, 2.05) is 24.3 Å². The molecule has 0 fully saturated rings. The van der Waals surface area contributed by atoms with Crippen LogP contribution in [-0.4, -0.2) is 33.0 Å². The van der Waals surface area contributed by atoms with Crippen LogP contribution in [0.4, 0.5) is 5.69 Å². The van der Waals surface area contributed by atoms with Gasteiger partial charge < -0.3 is 14.4 Å². The number of benzene rings is 2. The van der Waals surface area contributed by atoms with Gasteiger partial charge in [0.1, 0.15) is 10.8 Å². The predicted molar refractivity (Wildman–Crippen MR) is 114 cm³/mol. The number of nitrogens with zero attached hydrogens (tertiary/aromatic N) is 2. The lowest BCUT2D eigenvalue weighted by Crippen LogP contribution is -2.09. The van der Waals surface area contributed by atoms with Gasteiger partial charge in [0, 0.05) is 26.9 Å². The first-order valence-corrected chi connectivity index (χ1v) is 9.77. The highest BCUT2D eigenvalue weighted by Crippen LogP contribution is 2.31. The molecule has 2 aromatic carbocycles. The lowest BCUT2D eigenvalue weighted by Gasteiger charge is -2.15. The van der Waals surface area contributed by atoms with Crippen molar-refractivity contribution in [1.82, 2.24) is 4.98 Å². The molecule has 1 aromatic heterocycles. The van der Waals surface area contributed by atoms with Crippen LogP contribution in [0.25, 0.3) is 22.4 Å². The van der Waals surface area contributed by atoms with Gasteiger partial charge in [-0.15, -0.1) is 11.3 Å². The van der Waals surface area contributed by atoms with Crippen molar-refractivity contribution in [1.29, 1.82) is 0 Å². The van der Waals surface area contributed by atoms with Gasteiger partial charge in [-0.05, 0) is 64.3 Å². The molecular weight excluding hydrogens is 412 g/mol. The summed E-state index contributed by atoms with van der Waals surface area (Å²) in [5, 5.41) is 0.992. The average Bonchev–Trinajstić information content (AvgIpc) is 3.00. The Morgan fingerprint density at radius 3 is 2.69 bits per heavy atom. The van der Waals surface area contributed by atoms with E-state index in [4.69, 9.17) is 14.5 Å². The second kappa shape index (κ2) is 8.20. The third-order valence-electron chi connectivity index (χ3n) is 3.91. The van der Waals surface area contributed by atoms with E-state index in [0.717, 1.165) is 26.3 Å². The van der Waals surface area contributed by atoms with E-state index in [1.54, 1.807) is 18.4 Å². The number of aromatic nitrogens is 1. The number of fused-ring (bicyclic) bond motifs is 1. The van der Waals surface area contributed by atoms with Crippen LogP contribution in [0.3, 0.4) is 0 Å². The lowest BCUT2D eigenvalue weighted by molar-refractivity contribution is 0.0506. The van der Waals surface area contributed by atoms with Gasteiger partial charge >= 0.3 is 0 Å². The molecule has 0 aliphatic rings. The Balaban J connectivity index is 1.83. The maximum Gasteiger partial charge on any atom is 0.188 e. The summed E-state index contributed by atoms with van der Waals surface area (Å²) in [6, 6.07) is 10.3. The van der Waals surface area contributed by atoms with Crippen LogP contribution < -0.4 is 9.64 Å². The van der Waals surface area contributed by atoms with E-state index in [1.165, 1.54) is 16.0 Å². The van der Waals surface area contributed by atoms with Crippen molar-refractivity contribution < 1.29 is 9.47 Å². The van der Waals surface area contributed by atoms with Crippen LogP contribution in [0.2, 0.25) is 0 Å². The topological polar surface area (TPSA) is 34.6 Å². The Labute approximate surface area is 166 Å². The summed E-state index contributed by atoms with van der Waals surface area (Å²) in [4.78, 5) is 6.86. The molecule has 0 unspecified atom stereocenters. The number of methoxy groups -OCH3 is 1. The Bertz CT molecular complexity index is 950. The number of ether oxygens (including phenoxy) is 2. The number of anilines is 1. The van der Waals surface area contributed by atoms with Crippen LogP contribution in [0.5, 0.6) is 5.75 Å². The largest absolute Gasteiger partial charge is 0.466 e. The van der Waals surface area contributed by atoms with Crippen molar-refractivity contribution in [3.63, 3.8) is 0 Å². The summed E-state index contributed by atoms with van der Waals surface area (Å²) >= 11 is 5.23. The van der Waals surface area contributed by atoms with E-state index in [9.17, 15) is 0 Å². The molecule has 4 nitrogen and oxygen atoms in total. The van der Waals surface area contributed by atoms with Crippen LogP contribution >= 0.6 is 27.3 Å². The summed E-state index contributed by atoms with van der Waals surface area (Å²) in [6.45, 7) is 2.35. The molecule has 0 saturated carbocycles. The molecule has 0 spiro atoms. The second-order valence-corrected chi connectivity index (χ2v) is 8.04. The van der Waals surface area contributed by atoms with Crippen molar-refractivity contribution in [3.8, 4) is 5.75 Å². The minimum Gasteiger partial charge on any atom is -0.466 e. The summed E-state index contributed by atoms with van der Waals surface area (Å²) in [5.74, 6) is 0.760.